The summed E-state index contributed by atoms with van der Waals surface area (Å²) in [6, 6.07) is 13.7. The van der Waals surface area contributed by atoms with Gasteiger partial charge in [-0.3, -0.25) is 4.79 Å². The second kappa shape index (κ2) is 5.89. The quantitative estimate of drug-likeness (QED) is 0.361. The van der Waals surface area contributed by atoms with Gasteiger partial charge in [0.2, 0.25) is 0 Å². The molecule has 0 aliphatic heterocycles. The van der Waals surface area contributed by atoms with Crippen LogP contribution < -0.4 is 0 Å². The number of benzene rings is 2. The highest BCUT2D eigenvalue weighted by Crippen LogP contribution is 2.23. The molecule has 19 heavy (non-hydrogen) atoms. The van der Waals surface area contributed by atoms with Crippen molar-refractivity contribution >= 4 is 16.7 Å². The van der Waals surface area contributed by atoms with Crippen LogP contribution in [0.3, 0.4) is 0 Å². The second-order valence-corrected chi connectivity index (χ2v) is 4.12. The Morgan fingerprint density at radius 2 is 2.05 bits per heavy atom. The van der Waals surface area contributed by atoms with Gasteiger partial charge in [0, 0.05) is 11.8 Å². The van der Waals surface area contributed by atoms with E-state index in [9.17, 15) is 4.79 Å². The lowest BCUT2D eigenvalue weighted by molar-refractivity contribution is -0.146. The van der Waals surface area contributed by atoms with Gasteiger partial charge in [-0.05, 0) is 27.9 Å². The molecule has 0 unspecified atom stereocenters. The second-order valence-electron chi connectivity index (χ2n) is 4.12. The summed E-state index contributed by atoms with van der Waals surface area (Å²) in [5.74, 6) is -0.397. The molecular formula is C14H13N3O2. The monoisotopic (exact) mass is 255 g/mol. The van der Waals surface area contributed by atoms with Gasteiger partial charge in [-0.25, -0.2) is 0 Å². The van der Waals surface area contributed by atoms with Crippen LogP contribution in [-0.2, 0) is 9.53 Å². The van der Waals surface area contributed by atoms with Crippen LogP contribution in [0.15, 0.2) is 47.6 Å². The molecule has 0 N–H and O–H groups in total. The third kappa shape index (κ3) is 3.24. The van der Waals surface area contributed by atoms with Crippen LogP contribution in [-0.4, -0.2) is 12.5 Å². The van der Waals surface area contributed by atoms with Gasteiger partial charge in [-0.1, -0.05) is 41.5 Å². The van der Waals surface area contributed by atoms with Crippen molar-refractivity contribution in [1.29, 1.82) is 0 Å². The van der Waals surface area contributed by atoms with Gasteiger partial charge in [0.25, 0.3) is 0 Å². The van der Waals surface area contributed by atoms with Crippen LogP contribution in [0.5, 0.6) is 0 Å². The number of fused-ring (bicyclic) bond motifs is 1. The fraction of sp³-hybridized carbons (Fsp3) is 0.214. The fourth-order valence-electron chi connectivity index (χ4n) is 1.93. The predicted molar refractivity (Wildman–Crippen MR) is 72.5 cm³/mol. The Kier molecular flexibility index (Phi) is 4.00. The summed E-state index contributed by atoms with van der Waals surface area (Å²) in [4.78, 5) is 13.8. The highest BCUT2D eigenvalue weighted by molar-refractivity contribution is 5.83. The molecular weight excluding hydrogens is 242 g/mol. The van der Waals surface area contributed by atoms with Crippen molar-refractivity contribution in [2.75, 3.05) is 6.54 Å². The minimum atomic E-state index is -0.544. The van der Waals surface area contributed by atoms with E-state index < -0.39 is 12.1 Å². The van der Waals surface area contributed by atoms with Crippen molar-refractivity contribution in [1.82, 2.24) is 0 Å². The van der Waals surface area contributed by atoms with Gasteiger partial charge >= 0.3 is 5.97 Å². The van der Waals surface area contributed by atoms with Gasteiger partial charge in [0.05, 0.1) is 6.54 Å². The first kappa shape index (κ1) is 12.9. The Morgan fingerprint density at radius 1 is 1.32 bits per heavy atom. The van der Waals surface area contributed by atoms with E-state index in [0.29, 0.717) is 0 Å². The summed E-state index contributed by atoms with van der Waals surface area (Å²) in [6.07, 6.45) is -0.544. The van der Waals surface area contributed by atoms with Crippen LogP contribution in [0, 0.1) is 0 Å². The molecule has 5 heteroatoms. The number of hydrogen-bond acceptors (Lipinski definition) is 3. The molecule has 2 rings (SSSR count). The molecule has 0 aliphatic rings. The molecule has 0 saturated carbocycles. The number of azide groups is 1. The van der Waals surface area contributed by atoms with E-state index in [2.05, 4.69) is 10.0 Å². The zero-order valence-corrected chi connectivity index (χ0v) is 10.5. The third-order valence-corrected chi connectivity index (χ3v) is 2.76. The predicted octanol–water partition coefficient (Wildman–Crippen LogP) is 3.75. The molecule has 5 nitrogen and oxygen atoms in total. The molecule has 0 fully saturated rings. The van der Waals surface area contributed by atoms with Crippen molar-refractivity contribution in [2.45, 2.75) is 13.0 Å². The number of carbonyl (C=O) groups is 1. The molecule has 2 aromatic carbocycles. The van der Waals surface area contributed by atoms with E-state index in [1.54, 1.807) is 0 Å². The number of ether oxygens (including phenoxy) is 1. The maximum atomic E-state index is 11.1. The molecule has 0 aromatic heterocycles. The highest BCUT2D eigenvalue weighted by Gasteiger charge is 2.14. The summed E-state index contributed by atoms with van der Waals surface area (Å²) in [7, 11) is 0. The molecule has 0 heterocycles. The lowest BCUT2D eigenvalue weighted by Gasteiger charge is -2.15. The van der Waals surface area contributed by atoms with Crippen LogP contribution in [0.4, 0.5) is 0 Å². The van der Waals surface area contributed by atoms with E-state index in [4.69, 9.17) is 10.3 Å². The highest BCUT2D eigenvalue weighted by atomic mass is 16.5. The molecule has 0 spiro atoms. The molecule has 2 aromatic rings. The maximum absolute atomic E-state index is 11.1. The normalized spacial score (nSPS) is 11.6. The van der Waals surface area contributed by atoms with Crippen LogP contribution in [0.25, 0.3) is 21.2 Å². The first-order valence-electron chi connectivity index (χ1n) is 5.87. The minimum Gasteiger partial charge on any atom is -0.458 e. The van der Waals surface area contributed by atoms with Crippen molar-refractivity contribution in [3.8, 4) is 0 Å². The Bertz CT molecular complexity index is 644. The average molecular weight is 255 g/mol. The van der Waals surface area contributed by atoms with Crippen LogP contribution >= 0.6 is 0 Å². The first-order valence-corrected chi connectivity index (χ1v) is 5.87. The van der Waals surface area contributed by atoms with E-state index in [1.807, 2.05) is 42.5 Å². The first-order chi connectivity index (χ1) is 9.20. The van der Waals surface area contributed by atoms with E-state index in [-0.39, 0.29) is 6.54 Å². The Hall–Kier alpha value is -2.52. The van der Waals surface area contributed by atoms with Crippen molar-refractivity contribution in [2.24, 2.45) is 5.11 Å². The van der Waals surface area contributed by atoms with Crippen molar-refractivity contribution < 1.29 is 9.53 Å². The maximum Gasteiger partial charge on any atom is 0.303 e. The molecule has 96 valence electrons. The van der Waals surface area contributed by atoms with Gasteiger partial charge in [-0.2, -0.15) is 0 Å². The summed E-state index contributed by atoms with van der Waals surface area (Å²) in [6.45, 7) is 1.43. The Morgan fingerprint density at radius 3 is 2.74 bits per heavy atom. The standard InChI is InChI=1S/C14H13N3O2/c1-10(18)19-14(9-16-17-15)13-7-6-11-4-2-3-5-12(11)8-13/h2-8,14H,9H2,1H3/t14-/m1/s1. The van der Waals surface area contributed by atoms with Gasteiger partial charge < -0.3 is 4.74 Å². The number of carbonyl (C=O) groups excluding carboxylic acids is 1. The number of nitrogens with zero attached hydrogens (tertiary/aromatic N) is 3. The smallest absolute Gasteiger partial charge is 0.303 e. The van der Waals surface area contributed by atoms with E-state index in [0.717, 1.165) is 16.3 Å². The van der Waals surface area contributed by atoms with E-state index >= 15 is 0 Å². The Labute approximate surface area is 110 Å². The van der Waals surface area contributed by atoms with Gasteiger partial charge in [0.15, 0.2) is 0 Å². The summed E-state index contributed by atoms with van der Waals surface area (Å²) >= 11 is 0. The molecule has 0 radical (unpaired) electrons. The van der Waals surface area contributed by atoms with E-state index in [1.165, 1.54) is 6.92 Å². The molecule has 0 saturated heterocycles. The lowest BCUT2D eigenvalue weighted by atomic mass is 10.0. The minimum absolute atomic E-state index is 0.0917. The van der Waals surface area contributed by atoms with Gasteiger partial charge in [0.1, 0.15) is 6.10 Å². The zero-order valence-electron chi connectivity index (χ0n) is 10.5. The fourth-order valence-corrected chi connectivity index (χ4v) is 1.93. The molecule has 1 atom stereocenters. The SMILES string of the molecule is CC(=O)O[C@H](CN=[N+]=[N-])c1ccc2ccccc2c1. The van der Waals surface area contributed by atoms with Crippen LogP contribution in [0.2, 0.25) is 0 Å². The lowest BCUT2D eigenvalue weighted by Crippen LogP contribution is -2.11. The molecule has 0 aliphatic carbocycles. The number of rotatable bonds is 4. The van der Waals surface area contributed by atoms with Crippen molar-refractivity contribution in [3.63, 3.8) is 0 Å². The molecule has 0 amide bonds. The summed E-state index contributed by atoms with van der Waals surface area (Å²) in [5.41, 5.74) is 9.21. The number of esters is 1. The third-order valence-electron chi connectivity index (χ3n) is 2.76. The number of hydrogen-bond donors (Lipinski definition) is 0. The largest absolute Gasteiger partial charge is 0.458 e. The summed E-state index contributed by atoms with van der Waals surface area (Å²) in [5, 5.41) is 5.65. The zero-order chi connectivity index (χ0) is 13.7. The summed E-state index contributed by atoms with van der Waals surface area (Å²) < 4.78 is 5.18. The topological polar surface area (TPSA) is 75.1 Å². The average Bonchev–Trinajstić information content (AvgIpc) is 2.42. The van der Waals surface area contributed by atoms with Crippen molar-refractivity contribution in [3.05, 3.63) is 58.5 Å². The Balaban J connectivity index is 2.36. The molecule has 0 bridgehead atoms. The van der Waals surface area contributed by atoms with Crippen LogP contribution in [0.1, 0.15) is 18.6 Å². The van der Waals surface area contributed by atoms with Gasteiger partial charge in [-0.15, -0.1) is 0 Å².